The van der Waals surface area contributed by atoms with E-state index in [1.165, 1.54) is 84.6 Å². The predicted molar refractivity (Wildman–Crippen MR) is 110 cm³/mol. The zero-order chi connectivity index (χ0) is 18.5. The lowest BCUT2D eigenvalue weighted by atomic mass is 9.71. The van der Waals surface area contributed by atoms with Gasteiger partial charge >= 0.3 is 0 Å². The number of piperidine rings is 1. The summed E-state index contributed by atoms with van der Waals surface area (Å²) in [4.78, 5) is 8.07. The summed E-state index contributed by atoms with van der Waals surface area (Å²) in [6.45, 7) is 24.5. The largest absolute Gasteiger partial charge is 0.301 e. The summed E-state index contributed by atoms with van der Waals surface area (Å²) in [5.74, 6) is 0.929. The molecule has 0 aromatic carbocycles. The molecule has 0 bridgehead atoms. The van der Waals surface area contributed by atoms with E-state index in [0.717, 1.165) is 5.92 Å². The molecule has 0 atom stereocenters. The maximum atomic E-state index is 2.71. The van der Waals surface area contributed by atoms with Crippen LogP contribution in [0, 0.1) is 16.7 Å². The van der Waals surface area contributed by atoms with Crippen LogP contribution >= 0.6 is 0 Å². The first-order valence-corrected chi connectivity index (χ1v) is 10.9. The van der Waals surface area contributed by atoms with Gasteiger partial charge in [0.05, 0.1) is 6.67 Å². The van der Waals surface area contributed by atoms with Crippen molar-refractivity contribution in [1.29, 1.82) is 0 Å². The molecule has 0 aliphatic carbocycles. The first kappa shape index (κ1) is 21.2. The molecule has 0 aromatic heterocycles. The van der Waals surface area contributed by atoms with E-state index in [9.17, 15) is 0 Å². The fraction of sp³-hybridized carbons (Fsp3) is 1.00. The topological polar surface area (TPSA) is 9.72 Å². The molecule has 148 valence electrons. The van der Waals surface area contributed by atoms with Crippen LogP contribution in [-0.4, -0.2) is 67.2 Å². The second-order valence-electron chi connectivity index (χ2n) is 10.5. The highest BCUT2D eigenvalue weighted by Gasteiger charge is 2.32. The van der Waals surface area contributed by atoms with Crippen LogP contribution < -0.4 is 0 Å². The SMILES string of the molecule is CCCC(C)(C)C1CCN(CN2CCN(CCC(C)(C)C)CC2)CC1. The van der Waals surface area contributed by atoms with E-state index in [-0.39, 0.29) is 0 Å². The second kappa shape index (κ2) is 9.19. The molecule has 0 N–H and O–H groups in total. The number of rotatable bonds is 7. The zero-order valence-electron chi connectivity index (χ0n) is 18.1. The number of hydrogen-bond acceptors (Lipinski definition) is 3. The van der Waals surface area contributed by atoms with Gasteiger partial charge < -0.3 is 4.90 Å². The van der Waals surface area contributed by atoms with Crippen LogP contribution in [0.4, 0.5) is 0 Å². The molecule has 2 fully saturated rings. The van der Waals surface area contributed by atoms with Crippen molar-refractivity contribution >= 4 is 0 Å². The first-order valence-electron chi connectivity index (χ1n) is 10.9. The van der Waals surface area contributed by atoms with Crippen LogP contribution in [0.25, 0.3) is 0 Å². The molecule has 0 saturated carbocycles. The van der Waals surface area contributed by atoms with E-state index in [2.05, 4.69) is 56.2 Å². The summed E-state index contributed by atoms with van der Waals surface area (Å²) in [5.41, 5.74) is 1.01. The fourth-order valence-electron chi connectivity index (χ4n) is 4.64. The van der Waals surface area contributed by atoms with Crippen molar-refractivity contribution in [2.45, 2.75) is 73.6 Å². The van der Waals surface area contributed by atoms with E-state index < -0.39 is 0 Å². The third-order valence-corrected chi connectivity index (χ3v) is 6.63. The molecule has 2 aliphatic heterocycles. The van der Waals surface area contributed by atoms with E-state index in [0.29, 0.717) is 10.8 Å². The summed E-state index contributed by atoms with van der Waals surface area (Å²) in [6, 6.07) is 0. The summed E-state index contributed by atoms with van der Waals surface area (Å²) in [6.07, 6.45) is 6.83. The van der Waals surface area contributed by atoms with Gasteiger partial charge in [0.1, 0.15) is 0 Å². The van der Waals surface area contributed by atoms with Crippen LogP contribution in [-0.2, 0) is 0 Å². The second-order valence-corrected chi connectivity index (χ2v) is 10.5. The Labute approximate surface area is 158 Å². The normalized spacial score (nSPS) is 23.3. The maximum absolute atomic E-state index is 2.71. The summed E-state index contributed by atoms with van der Waals surface area (Å²) in [7, 11) is 0. The highest BCUT2D eigenvalue weighted by atomic mass is 15.3. The fourth-order valence-corrected chi connectivity index (χ4v) is 4.64. The van der Waals surface area contributed by atoms with Gasteiger partial charge in [-0.3, -0.25) is 9.80 Å². The van der Waals surface area contributed by atoms with Crippen molar-refractivity contribution in [3.63, 3.8) is 0 Å². The van der Waals surface area contributed by atoms with Crippen molar-refractivity contribution < 1.29 is 0 Å². The Hall–Kier alpha value is -0.120. The summed E-state index contributed by atoms with van der Waals surface area (Å²) < 4.78 is 0. The average molecular weight is 352 g/mol. The van der Waals surface area contributed by atoms with E-state index >= 15 is 0 Å². The van der Waals surface area contributed by atoms with Crippen LogP contribution in [0.5, 0.6) is 0 Å². The molecule has 0 unspecified atom stereocenters. The van der Waals surface area contributed by atoms with Crippen LogP contribution in [0.15, 0.2) is 0 Å². The molecule has 2 rings (SSSR count). The number of likely N-dealkylation sites (tertiary alicyclic amines) is 1. The molecule has 0 spiro atoms. The molecule has 0 radical (unpaired) electrons. The van der Waals surface area contributed by atoms with Crippen molar-refractivity contribution in [3.05, 3.63) is 0 Å². The minimum absolute atomic E-state index is 0.465. The molecule has 2 aliphatic rings. The Morgan fingerprint density at radius 3 is 1.76 bits per heavy atom. The molecule has 0 amide bonds. The molecule has 0 aromatic rings. The van der Waals surface area contributed by atoms with Gasteiger partial charge in [-0.15, -0.1) is 0 Å². The lowest BCUT2D eigenvalue weighted by Gasteiger charge is -2.43. The third kappa shape index (κ3) is 7.19. The van der Waals surface area contributed by atoms with Gasteiger partial charge in [-0.1, -0.05) is 48.0 Å². The van der Waals surface area contributed by atoms with Crippen molar-refractivity contribution in [3.8, 4) is 0 Å². The van der Waals surface area contributed by atoms with E-state index in [1.54, 1.807) is 0 Å². The van der Waals surface area contributed by atoms with Gasteiger partial charge in [-0.2, -0.15) is 0 Å². The first-order chi connectivity index (χ1) is 11.7. The smallest absolute Gasteiger partial charge is 0.0507 e. The lowest BCUT2D eigenvalue weighted by molar-refractivity contribution is 0.0329. The molecule has 2 heterocycles. The van der Waals surface area contributed by atoms with Crippen molar-refractivity contribution in [1.82, 2.24) is 14.7 Å². The van der Waals surface area contributed by atoms with Crippen molar-refractivity contribution in [2.24, 2.45) is 16.7 Å². The predicted octanol–water partition coefficient (Wildman–Crippen LogP) is 4.54. The molecule has 25 heavy (non-hydrogen) atoms. The highest BCUT2D eigenvalue weighted by molar-refractivity contribution is 4.84. The Morgan fingerprint density at radius 2 is 1.24 bits per heavy atom. The van der Waals surface area contributed by atoms with Crippen LogP contribution in [0.2, 0.25) is 0 Å². The van der Waals surface area contributed by atoms with Gasteiger partial charge in [-0.05, 0) is 62.1 Å². The summed E-state index contributed by atoms with van der Waals surface area (Å²) >= 11 is 0. The number of hydrogen-bond donors (Lipinski definition) is 0. The monoisotopic (exact) mass is 351 g/mol. The Bertz CT molecular complexity index is 369. The van der Waals surface area contributed by atoms with Crippen molar-refractivity contribution in [2.75, 3.05) is 52.5 Å². The van der Waals surface area contributed by atoms with Gasteiger partial charge in [0.25, 0.3) is 0 Å². The lowest BCUT2D eigenvalue weighted by Crippen LogP contribution is -2.51. The Balaban J connectivity index is 1.65. The molecule has 2 saturated heterocycles. The van der Waals surface area contributed by atoms with E-state index in [1.807, 2.05) is 0 Å². The number of nitrogens with zero attached hydrogens (tertiary/aromatic N) is 3. The highest BCUT2D eigenvalue weighted by Crippen LogP contribution is 2.38. The Kier molecular flexibility index (Phi) is 7.79. The van der Waals surface area contributed by atoms with Gasteiger partial charge in [0, 0.05) is 26.2 Å². The van der Waals surface area contributed by atoms with Gasteiger partial charge in [0.2, 0.25) is 0 Å². The average Bonchev–Trinajstić information content (AvgIpc) is 2.54. The van der Waals surface area contributed by atoms with Crippen LogP contribution in [0.3, 0.4) is 0 Å². The molecule has 3 nitrogen and oxygen atoms in total. The molecular formula is C22H45N3. The standard InChI is InChI=1S/C22H45N3/c1-7-10-22(5,6)20-8-12-24(13-9-20)19-25-17-15-23(16-18-25)14-11-21(2,3)4/h20H,7-19H2,1-6H3. The van der Waals surface area contributed by atoms with Gasteiger partial charge in [-0.25, -0.2) is 0 Å². The minimum atomic E-state index is 0.465. The Morgan fingerprint density at radius 1 is 0.720 bits per heavy atom. The van der Waals surface area contributed by atoms with Gasteiger partial charge in [0.15, 0.2) is 0 Å². The zero-order valence-corrected chi connectivity index (χ0v) is 18.1. The number of piperazine rings is 1. The third-order valence-electron chi connectivity index (χ3n) is 6.63. The summed E-state index contributed by atoms with van der Waals surface area (Å²) in [5, 5.41) is 0. The quantitative estimate of drug-likeness (QED) is 0.667. The maximum Gasteiger partial charge on any atom is 0.0507 e. The van der Waals surface area contributed by atoms with E-state index in [4.69, 9.17) is 0 Å². The molecule has 3 heteroatoms. The van der Waals surface area contributed by atoms with Crippen LogP contribution in [0.1, 0.15) is 73.6 Å². The minimum Gasteiger partial charge on any atom is -0.301 e. The molecular weight excluding hydrogens is 306 g/mol.